The van der Waals surface area contributed by atoms with Gasteiger partial charge in [0.25, 0.3) is 5.91 Å². The fourth-order valence-electron chi connectivity index (χ4n) is 4.13. The Balaban J connectivity index is 1.72. The molecule has 0 aromatic heterocycles. The normalized spacial score (nSPS) is 23.9. The molecule has 3 aliphatic rings. The van der Waals surface area contributed by atoms with Crippen molar-refractivity contribution < 1.29 is 9.59 Å². The number of fused-ring (bicyclic) bond motifs is 3. The average molecular weight is 381 g/mol. The third-order valence-electron chi connectivity index (χ3n) is 5.73. The predicted molar refractivity (Wildman–Crippen MR) is 109 cm³/mol. The third-order valence-corrected chi connectivity index (χ3v) is 5.73. The summed E-state index contributed by atoms with van der Waals surface area (Å²) in [5.41, 5.74) is 4.37. The van der Waals surface area contributed by atoms with E-state index >= 15 is 0 Å². The molecule has 7 nitrogen and oxygen atoms in total. The highest BCUT2D eigenvalue weighted by Gasteiger charge is 2.54. The molecule has 7 heteroatoms. The molecule has 1 fully saturated rings. The number of rotatable bonds is 4. The van der Waals surface area contributed by atoms with Crippen LogP contribution in [-0.4, -0.2) is 58.4 Å². The van der Waals surface area contributed by atoms with Crippen LogP contribution in [0, 0.1) is 13.8 Å². The number of carbonyl (C=O) groups is 2. The molecule has 2 atom stereocenters. The third kappa shape index (κ3) is 2.60. The number of anilines is 1. The zero-order valence-corrected chi connectivity index (χ0v) is 17.1. The number of likely N-dealkylation sites (N-methyl/N-ethyl adjacent to an activating group) is 1. The standard InChI is InChI=1S/C21H27N5O2/c1-6-7-10-24-19(27)17-18(23(5)21(24)28)22-20-25(17)12-15(4)26(20)16-11-13(2)8-9-14(16)3/h8-9,11-12,17-18H,6-7,10H2,1-5H3. The Bertz CT molecular complexity index is 906. The molecular weight excluding hydrogens is 354 g/mol. The maximum Gasteiger partial charge on any atom is 0.328 e. The zero-order valence-electron chi connectivity index (χ0n) is 17.1. The Morgan fingerprint density at radius 3 is 2.61 bits per heavy atom. The van der Waals surface area contributed by atoms with Crippen LogP contribution in [0.2, 0.25) is 0 Å². The highest BCUT2D eigenvalue weighted by Crippen LogP contribution is 2.37. The molecule has 1 saturated heterocycles. The Labute approximate surface area is 165 Å². The number of aryl methyl sites for hydroxylation is 2. The van der Waals surface area contributed by atoms with Gasteiger partial charge in [-0.2, -0.15) is 0 Å². The molecule has 1 aromatic carbocycles. The number of urea groups is 1. The van der Waals surface area contributed by atoms with Gasteiger partial charge in [0.15, 0.2) is 12.2 Å². The molecule has 148 valence electrons. The van der Waals surface area contributed by atoms with Gasteiger partial charge in [-0.3, -0.25) is 14.6 Å². The van der Waals surface area contributed by atoms with Crippen LogP contribution in [0.15, 0.2) is 35.1 Å². The van der Waals surface area contributed by atoms with Crippen LogP contribution in [0.1, 0.15) is 37.8 Å². The Morgan fingerprint density at radius 1 is 1.14 bits per heavy atom. The number of hydrogen-bond donors (Lipinski definition) is 0. The Kier molecular flexibility index (Phi) is 4.40. The van der Waals surface area contributed by atoms with E-state index in [0.29, 0.717) is 12.5 Å². The van der Waals surface area contributed by atoms with Gasteiger partial charge in [-0.05, 0) is 44.4 Å². The SMILES string of the molecule is CCCCN1C(=O)C2C(N=C3N(c4cc(C)ccc4C)C(C)=CN32)N(C)C1=O. The van der Waals surface area contributed by atoms with E-state index in [0.717, 1.165) is 35.4 Å². The monoisotopic (exact) mass is 381 g/mol. The molecule has 2 unspecified atom stereocenters. The second-order valence-electron chi connectivity index (χ2n) is 7.83. The van der Waals surface area contributed by atoms with Crippen molar-refractivity contribution in [2.24, 2.45) is 4.99 Å². The first-order valence-corrected chi connectivity index (χ1v) is 9.85. The lowest BCUT2D eigenvalue weighted by molar-refractivity contribution is -0.136. The summed E-state index contributed by atoms with van der Waals surface area (Å²) >= 11 is 0. The minimum Gasteiger partial charge on any atom is -0.302 e. The molecule has 3 heterocycles. The fourth-order valence-corrected chi connectivity index (χ4v) is 4.13. The molecule has 28 heavy (non-hydrogen) atoms. The van der Waals surface area contributed by atoms with Gasteiger partial charge in [0.2, 0.25) is 5.96 Å². The van der Waals surface area contributed by atoms with E-state index < -0.39 is 12.2 Å². The Morgan fingerprint density at radius 2 is 1.89 bits per heavy atom. The van der Waals surface area contributed by atoms with Gasteiger partial charge in [0.05, 0.1) is 5.69 Å². The van der Waals surface area contributed by atoms with E-state index in [-0.39, 0.29) is 11.9 Å². The number of guanidine groups is 1. The topological polar surface area (TPSA) is 59.5 Å². The van der Waals surface area contributed by atoms with Crippen LogP contribution in [0.25, 0.3) is 0 Å². The lowest BCUT2D eigenvalue weighted by atomic mass is 10.1. The van der Waals surface area contributed by atoms with Crippen LogP contribution in [0.5, 0.6) is 0 Å². The van der Waals surface area contributed by atoms with Crippen LogP contribution >= 0.6 is 0 Å². The van der Waals surface area contributed by atoms with Crippen molar-refractivity contribution in [2.45, 2.75) is 52.7 Å². The molecule has 4 rings (SSSR count). The largest absolute Gasteiger partial charge is 0.328 e. The van der Waals surface area contributed by atoms with Crippen molar-refractivity contribution in [1.82, 2.24) is 14.7 Å². The first kappa shape index (κ1) is 18.5. The summed E-state index contributed by atoms with van der Waals surface area (Å²) < 4.78 is 0. The maximum atomic E-state index is 13.2. The second-order valence-corrected chi connectivity index (χ2v) is 7.83. The van der Waals surface area contributed by atoms with E-state index in [9.17, 15) is 9.59 Å². The van der Waals surface area contributed by atoms with E-state index in [2.05, 4.69) is 43.9 Å². The molecular formula is C21H27N5O2. The molecule has 0 bridgehead atoms. The zero-order chi connectivity index (χ0) is 20.2. The molecule has 0 radical (unpaired) electrons. The second kappa shape index (κ2) is 6.65. The fraction of sp³-hybridized carbons (Fsp3) is 0.476. The summed E-state index contributed by atoms with van der Waals surface area (Å²) in [6.07, 6.45) is 3.22. The van der Waals surface area contributed by atoms with Gasteiger partial charge in [0.1, 0.15) is 0 Å². The van der Waals surface area contributed by atoms with E-state index in [1.807, 2.05) is 18.0 Å². The quantitative estimate of drug-likeness (QED) is 0.804. The predicted octanol–water partition coefficient (Wildman–Crippen LogP) is 3.05. The molecule has 1 aromatic rings. The van der Waals surface area contributed by atoms with Gasteiger partial charge < -0.3 is 9.80 Å². The summed E-state index contributed by atoms with van der Waals surface area (Å²) in [6, 6.07) is 5.55. The molecule has 0 spiro atoms. The highest BCUT2D eigenvalue weighted by atomic mass is 16.2. The lowest BCUT2D eigenvalue weighted by Crippen LogP contribution is -2.64. The van der Waals surface area contributed by atoms with Crippen molar-refractivity contribution in [3.8, 4) is 0 Å². The Hall–Kier alpha value is -2.83. The van der Waals surface area contributed by atoms with Crippen LogP contribution in [0.3, 0.4) is 0 Å². The van der Waals surface area contributed by atoms with Gasteiger partial charge in [-0.15, -0.1) is 0 Å². The average Bonchev–Trinajstić information content (AvgIpc) is 3.17. The number of nitrogens with zero attached hydrogens (tertiary/aromatic N) is 5. The molecule has 0 saturated carbocycles. The van der Waals surface area contributed by atoms with Gasteiger partial charge in [0, 0.05) is 25.5 Å². The number of hydrogen-bond acceptors (Lipinski definition) is 5. The van der Waals surface area contributed by atoms with Crippen molar-refractivity contribution >= 4 is 23.6 Å². The van der Waals surface area contributed by atoms with Gasteiger partial charge in [-0.25, -0.2) is 9.79 Å². The lowest BCUT2D eigenvalue weighted by Gasteiger charge is -2.40. The molecule has 0 N–H and O–H groups in total. The summed E-state index contributed by atoms with van der Waals surface area (Å²) in [4.78, 5) is 37.8. The summed E-state index contributed by atoms with van der Waals surface area (Å²) in [5.74, 6) is 0.554. The summed E-state index contributed by atoms with van der Waals surface area (Å²) in [6.45, 7) is 8.66. The molecule has 3 aliphatic heterocycles. The van der Waals surface area contributed by atoms with Crippen molar-refractivity contribution in [1.29, 1.82) is 0 Å². The minimum absolute atomic E-state index is 0.160. The number of amides is 3. The highest BCUT2D eigenvalue weighted by molar-refractivity contribution is 6.10. The van der Waals surface area contributed by atoms with Crippen molar-refractivity contribution in [3.05, 3.63) is 41.2 Å². The first-order valence-electron chi connectivity index (χ1n) is 9.85. The van der Waals surface area contributed by atoms with Crippen molar-refractivity contribution in [3.63, 3.8) is 0 Å². The molecule has 3 amide bonds. The smallest absolute Gasteiger partial charge is 0.302 e. The molecule has 0 aliphatic carbocycles. The number of allylic oxidation sites excluding steroid dienone is 1. The van der Waals surface area contributed by atoms with Crippen molar-refractivity contribution in [2.75, 3.05) is 18.5 Å². The first-order chi connectivity index (χ1) is 13.3. The van der Waals surface area contributed by atoms with Gasteiger partial charge >= 0.3 is 6.03 Å². The number of imide groups is 1. The summed E-state index contributed by atoms with van der Waals surface area (Å²) in [5, 5.41) is 0. The maximum absolute atomic E-state index is 13.2. The minimum atomic E-state index is -0.500. The number of carbonyl (C=O) groups excluding carboxylic acids is 2. The number of aliphatic imine (C=N–C) groups is 1. The van der Waals surface area contributed by atoms with Gasteiger partial charge in [-0.1, -0.05) is 25.5 Å². The van der Waals surface area contributed by atoms with Crippen LogP contribution < -0.4 is 4.90 Å². The van der Waals surface area contributed by atoms with Crippen LogP contribution in [0.4, 0.5) is 10.5 Å². The number of unbranched alkanes of at least 4 members (excludes halogenated alkanes) is 1. The van der Waals surface area contributed by atoms with E-state index in [4.69, 9.17) is 4.99 Å². The van der Waals surface area contributed by atoms with E-state index in [1.165, 1.54) is 4.90 Å². The number of benzene rings is 1. The van der Waals surface area contributed by atoms with E-state index in [1.54, 1.807) is 11.9 Å². The van der Waals surface area contributed by atoms with Crippen LogP contribution in [-0.2, 0) is 4.79 Å². The summed E-state index contributed by atoms with van der Waals surface area (Å²) in [7, 11) is 1.73.